The van der Waals surface area contributed by atoms with E-state index in [0.29, 0.717) is 19.6 Å². The van der Waals surface area contributed by atoms with E-state index in [0.717, 1.165) is 5.56 Å². The summed E-state index contributed by atoms with van der Waals surface area (Å²) >= 11 is 0. The Morgan fingerprint density at radius 3 is 2.67 bits per heavy atom. The van der Waals surface area contributed by atoms with Gasteiger partial charge in [-0.1, -0.05) is 30.3 Å². The standard InChI is InChI=1S/C17H20N2O5/c20-15-8-13(10-19(15)9-12-4-2-1-3-5-12)16(21)18-6-7-24-14(11-18)17(22)23/h1-5,13-14H,6-11H2,(H,22,23)/t13-,14-/m1/s1. The molecule has 1 N–H and O–H groups in total. The second-order valence-corrected chi connectivity index (χ2v) is 6.14. The van der Waals surface area contributed by atoms with Crippen molar-refractivity contribution in [3.8, 4) is 0 Å². The van der Waals surface area contributed by atoms with E-state index in [2.05, 4.69) is 0 Å². The highest BCUT2D eigenvalue weighted by Crippen LogP contribution is 2.23. The van der Waals surface area contributed by atoms with Crippen LogP contribution in [0.4, 0.5) is 0 Å². The lowest BCUT2D eigenvalue weighted by Crippen LogP contribution is -2.50. The van der Waals surface area contributed by atoms with E-state index in [-0.39, 0.29) is 31.4 Å². The molecule has 1 aromatic rings. The third-order valence-corrected chi connectivity index (χ3v) is 4.43. The molecule has 0 radical (unpaired) electrons. The Labute approximate surface area is 139 Å². The van der Waals surface area contributed by atoms with E-state index in [4.69, 9.17) is 9.84 Å². The Bertz CT molecular complexity index is 633. The van der Waals surface area contributed by atoms with Gasteiger partial charge < -0.3 is 19.6 Å². The summed E-state index contributed by atoms with van der Waals surface area (Å²) in [5, 5.41) is 9.03. The summed E-state index contributed by atoms with van der Waals surface area (Å²) in [5.74, 6) is -1.68. The number of carbonyl (C=O) groups is 3. The van der Waals surface area contributed by atoms with Crippen molar-refractivity contribution in [2.75, 3.05) is 26.2 Å². The maximum atomic E-state index is 12.6. The predicted octanol–water partition coefficient (Wildman–Crippen LogP) is 0.347. The SMILES string of the molecule is O=C(O)[C@H]1CN(C(=O)[C@@H]2CC(=O)N(Cc3ccccc3)C2)CCO1. The molecule has 24 heavy (non-hydrogen) atoms. The molecular formula is C17H20N2O5. The molecule has 0 aromatic heterocycles. The van der Waals surface area contributed by atoms with Gasteiger partial charge in [0.05, 0.1) is 19.1 Å². The Morgan fingerprint density at radius 1 is 1.21 bits per heavy atom. The van der Waals surface area contributed by atoms with Crippen molar-refractivity contribution >= 4 is 17.8 Å². The molecule has 0 bridgehead atoms. The number of aliphatic carboxylic acids is 1. The highest BCUT2D eigenvalue weighted by Gasteiger charge is 2.38. The predicted molar refractivity (Wildman–Crippen MR) is 83.9 cm³/mol. The first-order valence-corrected chi connectivity index (χ1v) is 7.99. The van der Waals surface area contributed by atoms with Gasteiger partial charge in [-0.2, -0.15) is 0 Å². The number of benzene rings is 1. The zero-order valence-corrected chi connectivity index (χ0v) is 13.3. The fourth-order valence-electron chi connectivity index (χ4n) is 3.15. The minimum Gasteiger partial charge on any atom is -0.479 e. The number of carboxylic acids is 1. The van der Waals surface area contributed by atoms with Gasteiger partial charge in [0, 0.05) is 26.1 Å². The lowest BCUT2D eigenvalue weighted by Gasteiger charge is -2.32. The van der Waals surface area contributed by atoms with Crippen molar-refractivity contribution in [3.05, 3.63) is 35.9 Å². The molecule has 2 saturated heterocycles. The average Bonchev–Trinajstić information content (AvgIpc) is 2.96. The molecule has 0 saturated carbocycles. The number of hydrogen-bond donors (Lipinski definition) is 1. The Kier molecular flexibility index (Phi) is 4.80. The molecule has 3 rings (SSSR count). The largest absolute Gasteiger partial charge is 0.479 e. The summed E-state index contributed by atoms with van der Waals surface area (Å²) in [6.07, 6.45) is -0.805. The van der Waals surface area contributed by atoms with Crippen molar-refractivity contribution in [1.29, 1.82) is 0 Å². The van der Waals surface area contributed by atoms with Crippen LogP contribution in [0.15, 0.2) is 30.3 Å². The number of amides is 2. The first-order valence-electron chi connectivity index (χ1n) is 7.99. The van der Waals surface area contributed by atoms with Gasteiger partial charge in [0.25, 0.3) is 0 Å². The number of morpholine rings is 1. The molecule has 2 atom stereocenters. The summed E-state index contributed by atoms with van der Waals surface area (Å²) in [4.78, 5) is 39.0. The number of rotatable bonds is 4. The van der Waals surface area contributed by atoms with Crippen LogP contribution in [0.5, 0.6) is 0 Å². The Balaban J connectivity index is 1.60. The van der Waals surface area contributed by atoms with Crippen LogP contribution in [0.1, 0.15) is 12.0 Å². The first-order chi connectivity index (χ1) is 11.5. The van der Waals surface area contributed by atoms with E-state index in [1.165, 1.54) is 4.90 Å². The van der Waals surface area contributed by atoms with Crippen LogP contribution in [0.3, 0.4) is 0 Å². The van der Waals surface area contributed by atoms with Crippen LogP contribution in [0.25, 0.3) is 0 Å². The monoisotopic (exact) mass is 332 g/mol. The molecule has 2 fully saturated rings. The van der Waals surface area contributed by atoms with Gasteiger partial charge >= 0.3 is 5.97 Å². The summed E-state index contributed by atoms with van der Waals surface area (Å²) in [6, 6.07) is 9.64. The molecule has 128 valence electrons. The van der Waals surface area contributed by atoms with Gasteiger partial charge in [-0.25, -0.2) is 4.79 Å². The van der Waals surface area contributed by atoms with Crippen molar-refractivity contribution in [1.82, 2.24) is 9.80 Å². The van der Waals surface area contributed by atoms with Crippen LogP contribution < -0.4 is 0 Å². The molecule has 0 unspecified atom stereocenters. The Morgan fingerprint density at radius 2 is 1.96 bits per heavy atom. The number of likely N-dealkylation sites (tertiary alicyclic amines) is 1. The fourth-order valence-corrected chi connectivity index (χ4v) is 3.15. The fraction of sp³-hybridized carbons (Fsp3) is 0.471. The third-order valence-electron chi connectivity index (χ3n) is 4.43. The second-order valence-electron chi connectivity index (χ2n) is 6.14. The quantitative estimate of drug-likeness (QED) is 0.859. The molecule has 2 aliphatic heterocycles. The number of nitrogens with zero attached hydrogens (tertiary/aromatic N) is 2. The topological polar surface area (TPSA) is 87.2 Å². The highest BCUT2D eigenvalue weighted by molar-refractivity contribution is 5.89. The molecular weight excluding hydrogens is 312 g/mol. The molecule has 7 heteroatoms. The molecule has 2 aliphatic rings. The zero-order chi connectivity index (χ0) is 17.1. The maximum Gasteiger partial charge on any atom is 0.334 e. The van der Waals surface area contributed by atoms with Crippen LogP contribution in [-0.2, 0) is 25.7 Å². The third kappa shape index (κ3) is 3.56. The molecule has 2 heterocycles. The molecule has 0 spiro atoms. The lowest BCUT2D eigenvalue weighted by molar-refractivity contribution is -0.160. The second kappa shape index (κ2) is 7.00. The van der Waals surface area contributed by atoms with Crippen LogP contribution in [-0.4, -0.2) is 65.0 Å². The summed E-state index contributed by atoms with van der Waals surface area (Å²) in [7, 11) is 0. The van der Waals surface area contributed by atoms with E-state index in [1.807, 2.05) is 30.3 Å². The van der Waals surface area contributed by atoms with Crippen LogP contribution >= 0.6 is 0 Å². The van der Waals surface area contributed by atoms with E-state index in [1.54, 1.807) is 4.90 Å². The van der Waals surface area contributed by atoms with Gasteiger partial charge in [0.2, 0.25) is 11.8 Å². The molecule has 2 amide bonds. The average molecular weight is 332 g/mol. The van der Waals surface area contributed by atoms with Crippen molar-refractivity contribution in [2.24, 2.45) is 5.92 Å². The zero-order valence-electron chi connectivity index (χ0n) is 13.3. The molecule has 0 aliphatic carbocycles. The van der Waals surface area contributed by atoms with E-state index >= 15 is 0 Å². The normalized spacial score (nSPS) is 24.2. The highest BCUT2D eigenvalue weighted by atomic mass is 16.5. The van der Waals surface area contributed by atoms with Crippen LogP contribution in [0, 0.1) is 5.92 Å². The minimum absolute atomic E-state index is 0.0392. The van der Waals surface area contributed by atoms with E-state index in [9.17, 15) is 14.4 Å². The van der Waals surface area contributed by atoms with Crippen LogP contribution in [0.2, 0.25) is 0 Å². The lowest BCUT2D eigenvalue weighted by atomic mass is 10.1. The number of hydrogen-bond acceptors (Lipinski definition) is 4. The summed E-state index contributed by atoms with van der Waals surface area (Å²) < 4.78 is 5.13. The number of carboxylic acid groups (broad SMARTS) is 1. The smallest absolute Gasteiger partial charge is 0.334 e. The maximum absolute atomic E-state index is 12.6. The van der Waals surface area contributed by atoms with Crippen molar-refractivity contribution in [3.63, 3.8) is 0 Å². The van der Waals surface area contributed by atoms with Gasteiger partial charge in [-0.15, -0.1) is 0 Å². The number of ether oxygens (including phenoxy) is 1. The van der Waals surface area contributed by atoms with Gasteiger partial charge in [-0.05, 0) is 5.56 Å². The van der Waals surface area contributed by atoms with Crippen molar-refractivity contribution < 1.29 is 24.2 Å². The summed E-state index contributed by atoms with van der Waals surface area (Å²) in [5.41, 5.74) is 1.02. The van der Waals surface area contributed by atoms with Crippen molar-refractivity contribution in [2.45, 2.75) is 19.1 Å². The first kappa shape index (κ1) is 16.4. The van der Waals surface area contributed by atoms with E-state index < -0.39 is 18.0 Å². The van der Waals surface area contributed by atoms with Gasteiger partial charge in [-0.3, -0.25) is 9.59 Å². The molecule has 7 nitrogen and oxygen atoms in total. The molecule has 1 aromatic carbocycles. The minimum atomic E-state index is -1.07. The number of carbonyl (C=O) groups excluding carboxylic acids is 2. The summed E-state index contributed by atoms with van der Waals surface area (Å²) in [6.45, 7) is 1.48. The van der Waals surface area contributed by atoms with Gasteiger partial charge in [0.15, 0.2) is 6.10 Å². The van der Waals surface area contributed by atoms with Gasteiger partial charge in [0.1, 0.15) is 0 Å². The Hall–Kier alpha value is -2.41.